The van der Waals surface area contributed by atoms with Gasteiger partial charge in [-0.2, -0.15) is 0 Å². The minimum absolute atomic E-state index is 0.154. The summed E-state index contributed by atoms with van der Waals surface area (Å²) in [7, 11) is 3.76. The van der Waals surface area contributed by atoms with Crippen LogP contribution in [-0.2, 0) is 6.42 Å². The van der Waals surface area contributed by atoms with Crippen molar-refractivity contribution in [2.45, 2.75) is 25.5 Å². The topological polar surface area (TPSA) is 47.7 Å². The second-order valence-electron chi connectivity index (χ2n) is 5.13. The van der Waals surface area contributed by atoms with Crippen molar-refractivity contribution in [2.24, 2.45) is 5.73 Å². The molecular formula is C14H22N2O2. The molecule has 1 heterocycles. The molecule has 0 amide bonds. The van der Waals surface area contributed by atoms with Crippen LogP contribution in [0.2, 0.25) is 0 Å². The molecule has 1 aromatic rings. The number of hydrogen-bond donors (Lipinski definition) is 1. The first-order chi connectivity index (χ1) is 8.58. The van der Waals surface area contributed by atoms with E-state index in [9.17, 15) is 0 Å². The Hall–Kier alpha value is -1.26. The van der Waals surface area contributed by atoms with Gasteiger partial charge in [-0.3, -0.25) is 4.90 Å². The Labute approximate surface area is 109 Å². The van der Waals surface area contributed by atoms with Crippen molar-refractivity contribution in [3.63, 3.8) is 0 Å². The molecule has 0 aromatic heterocycles. The first-order valence-electron chi connectivity index (χ1n) is 6.36. The van der Waals surface area contributed by atoms with Gasteiger partial charge in [0.2, 0.25) is 0 Å². The molecule has 18 heavy (non-hydrogen) atoms. The van der Waals surface area contributed by atoms with E-state index >= 15 is 0 Å². The average Bonchev–Trinajstić information content (AvgIpc) is 2.28. The first kappa shape index (κ1) is 13.2. The lowest BCUT2D eigenvalue weighted by molar-refractivity contribution is 0.0369. The van der Waals surface area contributed by atoms with Crippen molar-refractivity contribution in [3.05, 3.63) is 23.8 Å². The van der Waals surface area contributed by atoms with Crippen molar-refractivity contribution in [3.8, 4) is 11.5 Å². The van der Waals surface area contributed by atoms with Crippen LogP contribution in [0.5, 0.6) is 11.5 Å². The van der Waals surface area contributed by atoms with Gasteiger partial charge in [-0.1, -0.05) is 6.07 Å². The number of nitrogens with two attached hydrogens (primary N) is 1. The molecule has 1 saturated heterocycles. The Morgan fingerprint density at radius 2 is 2.11 bits per heavy atom. The van der Waals surface area contributed by atoms with Gasteiger partial charge in [0.1, 0.15) is 6.10 Å². The lowest BCUT2D eigenvalue weighted by Crippen LogP contribution is -2.51. The second-order valence-corrected chi connectivity index (χ2v) is 5.13. The number of ether oxygens (including phenoxy) is 2. The number of methoxy groups -OCH3 is 1. The largest absolute Gasteiger partial charge is 0.493 e. The Morgan fingerprint density at radius 3 is 2.67 bits per heavy atom. The summed E-state index contributed by atoms with van der Waals surface area (Å²) in [6, 6.07) is 6.21. The van der Waals surface area contributed by atoms with Crippen LogP contribution in [0.4, 0.5) is 0 Å². The van der Waals surface area contributed by atoms with E-state index in [0.717, 1.165) is 31.0 Å². The first-order valence-corrected chi connectivity index (χ1v) is 6.36. The van der Waals surface area contributed by atoms with Crippen molar-refractivity contribution >= 4 is 0 Å². The monoisotopic (exact) mass is 250 g/mol. The molecular weight excluding hydrogens is 228 g/mol. The molecule has 4 nitrogen and oxygen atoms in total. The summed E-state index contributed by atoms with van der Waals surface area (Å²) in [4.78, 5) is 2.22. The van der Waals surface area contributed by atoms with E-state index in [2.05, 4.69) is 18.0 Å². The zero-order valence-electron chi connectivity index (χ0n) is 11.3. The summed E-state index contributed by atoms with van der Waals surface area (Å²) >= 11 is 0. The molecule has 1 aliphatic rings. The van der Waals surface area contributed by atoms with Crippen LogP contribution in [-0.4, -0.2) is 44.3 Å². The van der Waals surface area contributed by atoms with E-state index in [-0.39, 0.29) is 12.1 Å². The van der Waals surface area contributed by atoms with Crippen LogP contribution in [0.3, 0.4) is 0 Å². The van der Waals surface area contributed by atoms with Crippen molar-refractivity contribution < 1.29 is 9.47 Å². The van der Waals surface area contributed by atoms with Crippen molar-refractivity contribution in [2.75, 3.05) is 27.2 Å². The lowest BCUT2D eigenvalue weighted by atomic mass is 10.1. The summed E-state index contributed by atoms with van der Waals surface area (Å²) in [6.07, 6.45) is 1.13. The third-order valence-corrected chi connectivity index (χ3v) is 3.11. The number of hydrogen-bond acceptors (Lipinski definition) is 4. The van der Waals surface area contributed by atoms with E-state index in [4.69, 9.17) is 15.2 Å². The zero-order valence-corrected chi connectivity index (χ0v) is 11.3. The highest BCUT2D eigenvalue weighted by atomic mass is 16.5. The molecule has 100 valence electrons. The summed E-state index contributed by atoms with van der Waals surface area (Å²) in [5, 5.41) is 0. The molecule has 1 unspecified atom stereocenters. The smallest absolute Gasteiger partial charge is 0.161 e. The van der Waals surface area contributed by atoms with Crippen LogP contribution < -0.4 is 15.2 Å². The normalized spacial score (nSPS) is 18.2. The van der Waals surface area contributed by atoms with E-state index in [1.165, 1.54) is 5.56 Å². The van der Waals surface area contributed by atoms with E-state index < -0.39 is 0 Å². The van der Waals surface area contributed by atoms with Crippen molar-refractivity contribution in [1.29, 1.82) is 0 Å². The maximum atomic E-state index is 5.90. The second kappa shape index (κ2) is 5.59. The molecule has 0 spiro atoms. The van der Waals surface area contributed by atoms with Gasteiger partial charge in [0, 0.05) is 19.1 Å². The van der Waals surface area contributed by atoms with Gasteiger partial charge in [-0.15, -0.1) is 0 Å². The summed E-state index contributed by atoms with van der Waals surface area (Å²) in [5.74, 6) is 1.62. The van der Waals surface area contributed by atoms with Gasteiger partial charge in [0.25, 0.3) is 0 Å². The third kappa shape index (κ3) is 3.15. The summed E-state index contributed by atoms with van der Waals surface area (Å²) < 4.78 is 11.3. The van der Waals surface area contributed by atoms with Crippen LogP contribution in [0, 0.1) is 0 Å². The summed E-state index contributed by atoms with van der Waals surface area (Å²) in [6.45, 7) is 3.95. The Morgan fingerprint density at radius 1 is 1.39 bits per heavy atom. The molecule has 0 radical (unpaired) electrons. The quantitative estimate of drug-likeness (QED) is 0.855. The molecule has 0 saturated carbocycles. The zero-order chi connectivity index (χ0) is 13.1. The van der Waals surface area contributed by atoms with Crippen LogP contribution in [0.15, 0.2) is 18.2 Å². The summed E-state index contributed by atoms with van der Waals surface area (Å²) in [5.41, 5.74) is 6.98. The molecule has 4 heteroatoms. The predicted molar refractivity (Wildman–Crippen MR) is 72.3 cm³/mol. The minimum atomic E-state index is 0.154. The van der Waals surface area contributed by atoms with Crippen LogP contribution >= 0.6 is 0 Å². The number of benzene rings is 1. The van der Waals surface area contributed by atoms with Gasteiger partial charge >= 0.3 is 0 Å². The van der Waals surface area contributed by atoms with Crippen LogP contribution in [0.1, 0.15) is 12.5 Å². The Bertz CT molecular complexity index is 401. The molecule has 2 N–H and O–H groups in total. The SMILES string of the molecule is COc1cc(CC(C)N)ccc1OC1CN(C)C1. The highest BCUT2D eigenvalue weighted by Gasteiger charge is 2.25. The van der Waals surface area contributed by atoms with Crippen LogP contribution in [0.25, 0.3) is 0 Å². The number of likely N-dealkylation sites (tertiary alicyclic amines) is 1. The fourth-order valence-corrected chi connectivity index (χ4v) is 2.20. The highest BCUT2D eigenvalue weighted by Crippen LogP contribution is 2.30. The predicted octanol–water partition coefficient (Wildman–Crippen LogP) is 1.28. The number of rotatable bonds is 5. The molecule has 0 aliphatic carbocycles. The molecule has 2 rings (SSSR count). The molecule has 1 aromatic carbocycles. The number of nitrogens with zero attached hydrogens (tertiary/aromatic N) is 1. The highest BCUT2D eigenvalue weighted by molar-refractivity contribution is 5.43. The van der Waals surface area contributed by atoms with Gasteiger partial charge in [-0.05, 0) is 38.1 Å². The average molecular weight is 250 g/mol. The lowest BCUT2D eigenvalue weighted by Gasteiger charge is -2.36. The molecule has 0 bridgehead atoms. The third-order valence-electron chi connectivity index (χ3n) is 3.11. The Kier molecular flexibility index (Phi) is 4.09. The van der Waals surface area contributed by atoms with Gasteiger partial charge in [-0.25, -0.2) is 0 Å². The standard InChI is InChI=1S/C14H22N2O2/c1-10(15)6-11-4-5-13(14(7-11)17-3)18-12-8-16(2)9-12/h4-5,7,10,12H,6,8-9,15H2,1-3H3. The molecule has 1 aliphatic heterocycles. The fourth-order valence-electron chi connectivity index (χ4n) is 2.20. The molecule has 1 atom stereocenters. The maximum Gasteiger partial charge on any atom is 0.161 e. The van der Waals surface area contributed by atoms with Gasteiger partial charge in [0.05, 0.1) is 7.11 Å². The fraction of sp³-hybridized carbons (Fsp3) is 0.571. The van der Waals surface area contributed by atoms with E-state index in [0.29, 0.717) is 0 Å². The van der Waals surface area contributed by atoms with E-state index in [1.54, 1.807) is 7.11 Å². The van der Waals surface area contributed by atoms with Gasteiger partial charge < -0.3 is 15.2 Å². The number of likely N-dealkylation sites (N-methyl/N-ethyl adjacent to an activating group) is 1. The van der Waals surface area contributed by atoms with Crippen molar-refractivity contribution in [1.82, 2.24) is 4.90 Å². The van der Waals surface area contributed by atoms with E-state index in [1.807, 2.05) is 19.1 Å². The Balaban J connectivity index is 2.05. The maximum absolute atomic E-state index is 5.90. The molecule has 1 fully saturated rings. The minimum Gasteiger partial charge on any atom is -0.493 e. The van der Waals surface area contributed by atoms with Gasteiger partial charge in [0.15, 0.2) is 11.5 Å².